The maximum atomic E-state index is 11.6. The Morgan fingerprint density at radius 1 is 1.18 bits per heavy atom. The van der Waals surface area contributed by atoms with E-state index in [1.54, 1.807) is 12.1 Å². The molecule has 0 heterocycles. The van der Waals surface area contributed by atoms with Crippen molar-refractivity contribution in [3.8, 4) is 0 Å². The molecule has 0 fully saturated rings. The maximum Gasteiger partial charge on any atom is 0.305 e. The van der Waals surface area contributed by atoms with Gasteiger partial charge in [0.15, 0.2) is 0 Å². The van der Waals surface area contributed by atoms with Gasteiger partial charge in [-0.1, -0.05) is 12.1 Å². The van der Waals surface area contributed by atoms with Crippen LogP contribution in [-0.4, -0.2) is 29.4 Å². The van der Waals surface area contributed by atoms with Crippen LogP contribution in [0.15, 0.2) is 24.3 Å². The number of hydrogen-bond donors (Lipinski definition) is 3. The zero-order valence-corrected chi connectivity index (χ0v) is 8.97. The number of nitrogens with one attached hydrogen (secondary N) is 1. The molecular weight excluding hydrogens is 224 g/mol. The molecule has 0 spiro atoms. The molecule has 1 aromatic carbocycles. The van der Waals surface area contributed by atoms with Gasteiger partial charge in [-0.15, -0.1) is 0 Å². The van der Waals surface area contributed by atoms with Gasteiger partial charge in [-0.05, 0) is 12.1 Å². The highest BCUT2D eigenvalue weighted by Crippen LogP contribution is 2.07. The maximum absolute atomic E-state index is 11.6. The highest BCUT2D eigenvalue weighted by molar-refractivity contribution is 6.06. The van der Waals surface area contributed by atoms with Gasteiger partial charge in [0.1, 0.15) is 0 Å². The Hall–Kier alpha value is -2.37. The summed E-state index contributed by atoms with van der Waals surface area (Å²) in [6.45, 7) is 0.00125. The van der Waals surface area contributed by atoms with Crippen LogP contribution >= 0.6 is 0 Å². The van der Waals surface area contributed by atoms with E-state index in [0.29, 0.717) is 0 Å². The first-order valence-electron chi connectivity index (χ1n) is 4.91. The Morgan fingerprint density at radius 3 is 2.29 bits per heavy atom. The van der Waals surface area contributed by atoms with Crippen LogP contribution in [0.4, 0.5) is 0 Å². The Morgan fingerprint density at radius 2 is 1.76 bits per heavy atom. The monoisotopic (exact) mass is 236 g/mol. The van der Waals surface area contributed by atoms with Crippen molar-refractivity contribution in [2.24, 2.45) is 5.73 Å². The lowest BCUT2D eigenvalue weighted by atomic mass is 10.1. The highest BCUT2D eigenvalue weighted by atomic mass is 16.4. The molecule has 0 saturated carbocycles. The number of hydrogen-bond acceptors (Lipinski definition) is 3. The van der Waals surface area contributed by atoms with Gasteiger partial charge in [-0.25, -0.2) is 0 Å². The van der Waals surface area contributed by atoms with E-state index < -0.39 is 17.8 Å². The number of nitrogens with two attached hydrogens (primary N) is 1. The van der Waals surface area contributed by atoms with Gasteiger partial charge in [0.25, 0.3) is 5.91 Å². The van der Waals surface area contributed by atoms with Crippen molar-refractivity contribution in [2.75, 3.05) is 6.54 Å². The van der Waals surface area contributed by atoms with E-state index in [0.717, 1.165) is 0 Å². The molecule has 0 saturated heterocycles. The summed E-state index contributed by atoms with van der Waals surface area (Å²) < 4.78 is 0. The van der Waals surface area contributed by atoms with E-state index in [-0.39, 0.29) is 24.1 Å². The summed E-state index contributed by atoms with van der Waals surface area (Å²) >= 11 is 0. The Balaban J connectivity index is 2.75. The molecule has 1 rings (SSSR count). The summed E-state index contributed by atoms with van der Waals surface area (Å²) in [7, 11) is 0. The SMILES string of the molecule is NC(=O)c1ccccc1C(=O)NCCC(=O)O. The normalized spacial score (nSPS) is 9.65. The third-order valence-corrected chi connectivity index (χ3v) is 2.06. The second-order valence-corrected chi connectivity index (χ2v) is 3.31. The van der Waals surface area contributed by atoms with E-state index in [2.05, 4.69) is 5.32 Å². The van der Waals surface area contributed by atoms with Gasteiger partial charge in [0.2, 0.25) is 5.91 Å². The fourth-order valence-electron chi connectivity index (χ4n) is 1.27. The first-order chi connectivity index (χ1) is 8.02. The van der Waals surface area contributed by atoms with Crippen molar-refractivity contribution in [1.82, 2.24) is 5.32 Å². The molecule has 17 heavy (non-hydrogen) atoms. The average molecular weight is 236 g/mol. The van der Waals surface area contributed by atoms with Gasteiger partial charge < -0.3 is 16.2 Å². The van der Waals surface area contributed by atoms with Crippen LogP contribution in [-0.2, 0) is 4.79 Å². The number of carboxylic acids is 1. The fourth-order valence-corrected chi connectivity index (χ4v) is 1.27. The van der Waals surface area contributed by atoms with Crippen molar-refractivity contribution in [3.05, 3.63) is 35.4 Å². The quantitative estimate of drug-likeness (QED) is 0.667. The van der Waals surface area contributed by atoms with Crippen LogP contribution in [0.2, 0.25) is 0 Å². The number of primary amides is 1. The number of carboxylic acid groups (broad SMARTS) is 1. The molecule has 0 aliphatic carbocycles. The lowest BCUT2D eigenvalue weighted by molar-refractivity contribution is -0.136. The van der Waals surface area contributed by atoms with Crippen LogP contribution in [0.5, 0.6) is 0 Å². The molecule has 4 N–H and O–H groups in total. The standard InChI is InChI=1S/C11H12N2O4/c12-10(16)7-3-1-2-4-8(7)11(17)13-6-5-9(14)15/h1-4H,5-6H2,(H2,12,16)(H,13,17)(H,14,15). The van der Waals surface area contributed by atoms with Crippen molar-refractivity contribution < 1.29 is 19.5 Å². The van der Waals surface area contributed by atoms with Crippen LogP contribution in [0.3, 0.4) is 0 Å². The summed E-state index contributed by atoms with van der Waals surface area (Å²) in [5.74, 6) is -2.22. The van der Waals surface area contributed by atoms with E-state index in [1.807, 2.05) is 0 Å². The number of amides is 2. The first kappa shape index (κ1) is 12.7. The van der Waals surface area contributed by atoms with Gasteiger partial charge >= 0.3 is 5.97 Å². The van der Waals surface area contributed by atoms with Crippen LogP contribution in [0, 0.1) is 0 Å². The smallest absolute Gasteiger partial charge is 0.305 e. The predicted molar refractivity (Wildman–Crippen MR) is 59.5 cm³/mol. The molecule has 0 unspecified atom stereocenters. The third kappa shape index (κ3) is 3.60. The molecule has 2 amide bonds. The average Bonchev–Trinajstić information content (AvgIpc) is 2.28. The molecule has 0 aliphatic rings. The molecular formula is C11H12N2O4. The lowest BCUT2D eigenvalue weighted by Crippen LogP contribution is -2.28. The van der Waals surface area contributed by atoms with Gasteiger partial charge in [-0.2, -0.15) is 0 Å². The number of carbonyl (C=O) groups excluding carboxylic acids is 2. The minimum atomic E-state index is -1.01. The number of carbonyl (C=O) groups is 3. The zero-order chi connectivity index (χ0) is 12.8. The van der Waals surface area contributed by atoms with Gasteiger partial charge in [-0.3, -0.25) is 14.4 Å². The summed E-state index contributed by atoms with van der Waals surface area (Å²) in [5, 5.41) is 10.8. The van der Waals surface area contributed by atoms with Gasteiger partial charge in [0, 0.05) is 6.54 Å². The van der Waals surface area contributed by atoms with Gasteiger partial charge in [0.05, 0.1) is 17.5 Å². The molecule has 6 heteroatoms. The first-order valence-corrected chi connectivity index (χ1v) is 4.91. The van der Waals surface area contributed by atoms with E-state index in [9.17, 15) is 14.4 Å². The van der Waals surface area contributed by atoms with Crippen molar-refractivity contribution >= 4 is 17.8 Å². The van der Waals surface area contributed by atoms with Crippen LogP contribution < -0.4 is 11.1 Å². The second kappa shape index (κ2) is 5.64. The minimum Gasteiger partial charge on any atom is -0.481 e. The fraction of sp³-hybridized carbons (Fsp3) is 0.182. The Bertz CT molecular complexity index is 457. The zero-order valence-electron chi connectivity index (χ0n) is 8.97. The Labute approximate surface area is 97.4 Å². The summed E-state index contributed by atoms with van der Waals surface area (Å²) in [4.78, 5) is 33.0. The minimum absolute atomic E-state index is 0.00125. The largest absolute Gasteiger partial charge is 0.481 e. The molecule has 0 aromatic heterocycles. The van der Waals surface area contributed by atoms with E-state index >= 15 is 0 Å². The highest BCUT2D eigenvalue weighted by Gasteiger charge is 2.13. The summed E-state index contributed by atoms with van der Waals surface area (Å²) in [6, 6.07) is 6.08. The van der Waals surface area contributed by atoms with Crippen LogP contribution in [0.1, 0.15) is 27.1 Å². The third-order valence-electron chi connectivity index (χ3n) is 2.06. The molecule has 6 nitrogen and oxygen atoms in total. The molecule has 1 aromatic rings. The Kier molecular flexibility index (Phi) is 4.21. The second-order valence-electron chi connectivity index (χ2n) is 3.31. The van der Waals surface area contributed by atoms with Crippen molar-refractivity contribution in [3.63, 3.8) is 0 Å². The number of rotatable bonds is 5. The van der Waals surface area contributed by atoms with Crippen LogP contribution in [0.25, 0.3) is 0 Å². The molecule has 0 radical (unpaired) electrons. The lowest BCUT2D eigenvalue weighted by Gasteiger charge is -2.06. The molecule has 0 atom stereocenters. The number of benzene rings is 1. The van der Waals surface area contributed by atoms with Crippen molar-refractivity contribution in [1.29, 1.82) is 0 Å². The molecule has 0 aliphatic heterocycles. The summed E-state index contributed by atoms with van der Waals surface area (Å²) in [6.07, 6.45) is -0.176. The number of aliphatic carboxylic acids is 1. The summed E-state index contributed by atoms with van der Waals surface area (Å²) in [5.41, 5.74) is 5.37. The molecule has 0 bridgehead atoms. The molecule has 90 valence electrons. The topological polar surface area (TPSA) is 109 Å². The van der Waals surface area contributed by atoms with E-state index in [4.69, 9.17) is 10.8 Å². The van der Waals surface area contributed by atoms with Crippen molar-refractivity contribution in [2.45, 2.75) is 6.42 Å². The van der Waals surface area contributed by atoms with E-state index in [1.165, 1.54) is 12.1 Å². The predicted octanol–water partition coefficient (Wildman–Crippen LogP) is -0.0100.